The first kappa shape index (κ1) is 22.6. The molecular formula is C26H32N2O3. The Kier molecular flexibility index (Phi) is 5.74. The average molecular weight is 421 g/mol. The van der Waals surface area contributed by atoms with Gasteiger partial charge in [0.15, 0.2) is 0 Å². The second-order valence-corrected chi connectivity index (χ2v) is 9.92. The molecule has 0 fully saturated rings. The van der Waals surface area contributed by atoms with Crippen molar-refractivity contribution in [1.29, 1.82) is 0 Å². The molecule has 0 aromatic heterocycles. The van der Waals surface area contributed by atoms with Crippen molar-refractivity contribution in [3.8, 4) is 0 Å². The summed E-state index contributed by atoms with van der Waals surface area (Å²) in [5, 5.41) is 13.7. The summed E-state index contributed by atoms with van der Waals surface area (Å²) in [5.74, 6) is -1.13. The van der Waals surface area contributed by atoms with Crippen LogP contribution in [0.5, 0.6) is 0 Å². The van der Waals surface area contributed by atoms with Crippen LogP contribution in [0.4, 0.5) is 11.4 Å². The van der Waals surface area contributed by atoms with Crippen LogP contribution < -0.4 is 10.2 Å². The standard InChI is InChI=1S/C26H32N2O3/c1-16(2)19-10-8-9-11-20(19)27-23(30)21-22(29)26(6,7)28(24(21)31)18-14-12-17(13-15-18)25(3,4)5/h8-16,29H,1-7H3,(H,27,30). The van der Waals surface area contributed by atoms with Gasteiger partial charge in [-0.15, -0.1) is 0 Å². The number of hydrogen-bond donors (Lipinski definition) is 2. The number of hydrogen-bond acceptors (Lipinski definition) is 3. The molecule has 5 nitrogen and oxygen atoms in total. The molecule has 1 aliphatic heterocycles. The highest BCUT2D eigenvalue weighted by atomic mass is 16.3. The van der Waals surface area contributed by atoms with Crippen LogP contribution in [-0.2, 0) is 15.0 Å². The van der Waals surface area contributed by atoms with Crippen LogP contribution in [0.2, 0.25) is 0 Å². The molecule has 3 rings (SSSR count). The van der Waals surface area contributed by atoms with Crippen molar-refractivity contribution in [3.63, 3.8) is 0 Å². The normalized spacial score (nSPS) is 16.3. The summed E-state index contributed by atoms with van der Waals surface area (Å²) in [6.45, 7) is 13.9. The third kappa shape index (κ3) is 4.09. The molecule has 2 N–H and O–H groups in total. The maximum atomic E-state index is 13.3. The van der Waals surface area contributed by atoms with E-state index >= 15 is 0 Å². The van der Waals surface area contributed by atoms with Crippen LogP contribution in [0.25, 0.3) is 0 Å². The van der Waals surface area contributed by atoms with Gasteiger partial charge < -0.3 is 10.4 Å². The number of nitrogens with one attached hydrogen (secondary N) is 1. The molecule has 0 atom stereocenters. The van der Waals surface area contributed by atoms with Gasteiger partial charge in [-0.05, 0) is 54.5 Å². The minimum atomic E-state index is -1.04. The van der Waals surface area contributed by atoms with Crippen molar-refractivity contribution in [3.05, 3.63) is 71.0 Å². The van der Waals surface area contributed by atoms with Crippen molar-refractivity contribution in [2.45, 2.75) is 65.3 Å². The molecule has 5 heteroatoms. The zero-order valence-corrected chi connectivity index (χ0v) is 19.4. The topological polar surface area (TPSA) is 69.6 Å². The zero-order chi connectivity index (χ0) is 23.1. The molecule has 31 heavy (non-hydrogen) atoms. The van der Waals surface area contributed by atoms with Gasteiger partial charge in [-0.25, -0.2) is 0 Å². The van der Waals surface area contributed by atoms with Crippen LogP contribution >= 0.6 is 0 Å². The van der Waals surface area contributed by atoms with Crippen molar-refractivity contribution >= 4 is 23.2 Å². The van der Waals surface area contributed by atoms with E-state index in [9.17, 15) is 14.7 Å². The number of aliphatic hydroxyl groups excluding tert-OH is 1. The molecule has 0 bridgehead atoms. The number of benzene rings is 2. The van der Waals surface area contributed by atoms with Gasteiger partial charge in [0.1, 0.15) is 16.9 Å². The Labute approximate surface area is 184 Å². The molecule has 0 radical (unpaired) electrons. The number of anilines is 2. The fraction of sp³-hybridized carbons (Fsp3) is 0.385. The van der Waals surface area contributed by atoms with Crippen molar-refractivity contribution in [1.82, 2.24) is 0 Å². The van der Waals surface area contributed by atoms with E-state index < -0.39 is 17.4 Å². The summed E-state index contributed by atoms with van der Waals surface area (Å²) < 4.78 is 0. The number of carbonyl (C=O) groups excluding carboxylic acids is 2. The molecule has 0 saturated carbocycles. The van der Waals surface area contributed by atoms with E-state index in [-0.39, 0.29) is 22.7 Å². The lowest BCUT2D eigenvalue weighted by Gasteiger charge is -2.32. The van der Waals surface area contributed by atoms with Crippen molar-refractivity contribution < 1.29 is 14.7 Å². The van der Waals surface area contributed by atoms with Gasteiger partial charge in [0.2, 0.25) is 0 Å². The van der Waals surface area contributed by atoms with Crippen LogP contribution in [0.15, 0.2) is 59.9 Å². The van der Waals surface area contributed by atoms with E-state index in [1.807, 2.05) is 56.3 Å². The monoisotopic (exact) mass is 420 g/mol. The lowest BCUT2D eigenvalue weighted by atomic mass is 9.87. The van der Waals surface area contributed by atoms with Crippen LogP contribution in [0.3, 0.4) is 0 Å². The predicted octanol–water partition coefficient (Wildman–Crippen LogP) is 5.68. The van der Waals surface area contributed by atoms with Crippen molar-refractivity contribution in [2.24, 2.45) is 0 Å². The molecular weight excluding hydrogens is 388 g/mol. The van der Waals surface area contributed by atoms with Crippen molar-refractivity contribution in [2.75, 3.05) is 10.2 Å². The Hall–Kier alpha value is -3.08. The summed E-state index contributed by atoms with van der Waals surface area (Å²) in [4.78, 5) is 27.9. The number of nitrogens with zero attached hydrogens (tertiary/aromatic N) is 1. The Bertz CT molecular complexity index is 1040. The summed E-state index contributed by atoms with van der Waals surface area (Å²) in [6, 6.07) is 15.2. The molecule has 2 amide bonds. The van der Waals surface area contributed by atoms with Crippen LogP contribution in [-0.4, -0.2) is 22.5 Å². The minimum Gasteiger partial charge on any atom is -0.509 e. The molecule has 2 aromatic carbocycles. The average Bonchev–Trinajstić information content (AvgIpc) is 2.85. The molecule has 1 aliphatic rings. The molecule has 2 aromatic rings. The van der Waals surface area contributed by atoms with Crippen LogP contribution in [0, 0.1) is 0 Å². The third-order valence-corrected chi connectivity index (χ3v) is 5.84. The summed E-state index contributed by atoms with van der Waals surface area (Å²) >= 11 is 0. The highest BCUT2D eigenvalue weighted by molar-refractivity contribution is 6.30. The number of carbonyl (C=O) groups is 2. The van der Waals surface area contributed by atoms with Gasteiger partial charge in [-0.1, -0.05) is 65.0 Å². The van der Waals surface area contributed by atoms with E-state index in [1.165, 1.54) is 4.90 Å². The SMILES string of the molecule is CC(C)c1ccccc1NC(=O)C1=C(O)C(C)(C)N(c2ccc(C(C)(C)C)cc2)C1=O. The lowest BCUT2D eigenvalue weighted by molar-refractivity contribution is -0.119. The second-order valence-electron chi connectivity index (χ2n) is 9.92. The number of rotatable bonds is 4. The van der Waals surface area contributed by atoms with Gasteiger partial charge in [0.25, 0.3) is 11.8 Å². The minimum absolute atomic E-state index is 0.0156. The smallest absolute Gasteiger partial charge is 0.268 e. The summed E-state index contributed by atoms with van der Waals surface area (Å²) in [6.07, 6.45) is 0. The Morgan fingerprint density at radius 1 is 1.03 bits per heavy atom. The molecule has 0 saturated heterocycles. The first-order valence-electron chi connectivity index (χ1n) is 10.6. The van der Waals surface area contributed by atoms with E-state index in [0.29, 0.717) is 11.4 Å². The second kappa shape index (κ2) is 7.88. The highest BCUT2D eigenvalue weighted by Gasteiger charge is 2.49. The van der Waals surface area contributed by atoms with E-state index in [4.69, 9.17) is 0 Å². The molecule has 0 spiro atoms. The number of para-hydroxylation sites is 1. The van der Waals surface area contributed by atoms with Gasteiger partial charge in [0, 0.05) is 11.4 Å². The van der Waals surface area contributed by atoms with Crippen LogP contribution in [0.1, 0.15) is 65.5 Å². The molecule has 0 aliphatic carbocycles. The quantitative estimate of drug-likeness (QED) is 0.625. The fourth-order valence-corrected chi connectivity index (χ4v) is 3.93. The maximum Gasteiger partial charge on any atom is 0.268 e. The van der Waals surface area contributed by atoms with E-state index in [1.54, 1.807) is 19.9 Å². The first-order valence-corrected chi connectivity index (χ1v) is 10.6. The van der Waals surface area contributed by atoms with Gasteiger partial charge in [-0.2, -0.15) is 0 Å². The predicted molar refractivity (Wildman–Crippen MR) is 126 cm³/mol. The lowest BCUT2D eigenvalue weighted by Crippen LogP contribution is -2.44. The molecule has 1 heterocycles. The Morgan fingerprint density at radius 3 is 2.16 bits per heavy atom. The summed E-state index contributed by atoms with van der Waals surface area (Å²) in [7, 11) is 0. The number of amides is 2. The van der Waals surface area contributed by atoms with E-state index in [2.05, 4.69) is 26.1 Å². The molecule has 0 unspecified atom stereocenters. The van der Waals surface area contributed by atoms with Gasteiger partial charge in [0.05, 0.1) is 0 Å². The van der Waals surface area contributed by atoms with Gasteiger partial charge >= 0.3 is 0 Å². The van der Waals surface area contributed by atoms with E-state index in [0.717, 1.165) is 11.1 Å². The first-order chi connectivity index (χ1) is 14.4. The Morgan fingerprint density at radius 2 is 1.61 bits per heavy atom. The summed E-state index contributed by atoms with van der Waals surface area (Å²) in [5.41, 5.74) is 2.12. The largest absolute Gasteiger partial charge is 0.509 e. The fourth-order valence-electron chi connectivity index (χ4n) is 3.93. The number of aliphatic hydroxyl groups is 1. The Balaban J connectivity index is 1.94. The zero-order valence-electron chi connectivity index (χ0n) is 19.4. The molecule has 164 valence electrons. The maximum absolute atomic E-state index is 13.3. The van der Waals surface area contributed by atoms with Gasteiger partial charge in [-0.3, -0.25) is 14.5 Å². The highest BCUT2D eigenvalue weighted by Crippen LogP contribution is 2.39. The third-order valence-electron chi connectivity index (χ3n) is 5.84.